The van der Waals surface area contributed by atoms with Crippen molar-refractivity contribution in [3.05, 3.63) is 30.0 Å². The summed E-state index contributed by atoms with van der Waals surface area (Å²) in [6, 6.07) is 7.18. The molecule has 9 heteroatoms. The predicted molar refractivity (Wildman–Crippen MR) is 105 cm³/mol. The van der Waals surface area contributed by atoms with E-state index in [-0.39, 0.29) is 17.5 Å². The third kappa shape index (κ3) is 4.41. The second-order valence-corrected chi connectivity index (χ2v) is 8.78. The third-order valence-corrected chi connectivity index (χ3v) is 6.34. The lowest BCUT2D eigenvalue weighted by atomic mass is 10.2. The van der Waals surface area contributed by atoms with Crippen molar-refractivity contribution in [3.8, 4) is 11.5 Å². The van der Waals surface area contributed by atoms with Crippen LogP contribution >= 0.6 is 0 Å². The average molecular weight is 392 g/mol. The molecule has 1 unspecified atom stereocenters. The first-order valence-electron chi connectivity index (χ1n) is 8.59. The molecule has 0 aliphatic carbocycles. The SMILES string of the molecule is COc1ccc(Nc2cc(C)nc(N(C)C3CCS(=O)(=O)C3)n2)c(OC)c1. The number of benzene rings is 1. The highest BCUT2D eigenvalue weighted by atomic mass is 32.2. The zero-order chi connectivity index (χ0) is 19.6. The van der Waals surface area contributed by atoms with Crippen molar-refractivity contribution in [2.24, 2.45) is 0 Å². The molecule has 2 heterocycles. The molecule has 8 nitrogen and oxygen atoms in total. The van der Waals surface area contributed by atoms with Crippen LogP contribution in [0.1, 0.15) is 12.1 Å². The zero-order valence-corrected chi connectivity index (χ0v) is 16.7. The number of sulfone groups is 1. The molecule has 3 rings (SSSR count). The van der Waals surface area contributed by atoms with Crippen LogP contribution in [0.3, 0.4) is 0 Å². The highest BCUT2D eigenvalue weighted by Gasteiger charge is 2.32. The lowest BCUT2D eigenvalue weighted by molar-refractivity contribution is 0.395. The van der Waals surface area contributed by atoms with Gasteiger partial charge >= 0.3 is 0 Å². The summed E-state index contributed by atoms with van der Waals surface area (Å²) < 4.78 is 34.2. The highest BCUT2D eigenvalue weighted by Crippen LogP contribution is 2.31. The minimum absolute atomic E-state index is 0.111. The van der Waals surface area contributed by atoms with Gasteiger partial charge in [-0.25, -0.2) is 13.4 Å². The topological polar surface area (TPSA) is 93.7 Å². The number of hydrogen-bond donors (Lipinski definition) is 1. The van der Waals surface area contributed by atoms with Crippen molar-refractivity contribution in [1.82, 2.24) is 9.97 Å². The second kappa shape index (κ2) is 7.59. The molecule has 0 bridgehead atoms. The van der Waals surface area contributed by atoms with Crippen molar-refractivity contribution in [1.29, 1.82) is 0 Å². The lowest BCUT2D eigenvalue weighted by Gasteiger charge is -2.24. The number of rotatable bonds is 6. The van der Waals surface area contributed by atoms with Gasteiger partial charge in [-0.3, -0.25) is 0 Å². The van der Waals surface area contributed by atoms with E-state index in [1.165, 1.54) is 0 Å². The number of aryl methyl sites for hydroxylation is 1. The fourth-order valence-corrected chi connectivity index (χ4v) is 4.83. The molecule has 1 aliphatic heterocycles. The molecule has 27 heavy (non-hydrogen) atoms. The summed E-state index contributed by atoms with van der Waals surface area (Å²) in [4.78, 5) is 10.9. The van der Waals surface area contributed by atoms with Crippen LogP contribution in [0.4, 0.5) is 17.5 Å². The number of aromatic nitrogens is 2. The monoisotopic (exact) mass is 392 g/mol. The van der Waals surface area contributed by atoms with Crippen LogP contribution in [0.15, 0.2) is 24.3 Å². The maximum Gasteiger partial charge on any atom is 0.227 e. The smallest absolute Gasteiger partial charge is 0.227 e. The number of ether oxygens (including phenoxy) is 2. The average Bonchev–Trinajstić information content (AvgIpc) is 3.00. The Morgan fingerprint density at radius 1 is 1.19 bits per heavy atom. The summed E-state index contributed by atoms with van der Waals surface area (Å²) in [7, 11) is 2.04. The number of hydrogen-bond acceptors (Lipinski definition) is 8. The molecule has 1 atom stereocenters. The fraction of sp³-hybridized carbons (Fsp3) is 0.444. The van der Waals surface area contributed by atoms with Crippen molar-refractivity contribution in [2.45, 2.75) is 19.4 Å². The third-order valence-electron chi connectivity index (χ3n) is 4.59. The number of anilines is 3. The van der Waals surface area contributed by atoms with E-state index < -0.39 is 9.84 Å². The van der Waals surface area contributed by atoms with Gasteiger partial charge in [-0.1, -0.05) is 0 Å². The Morgan fingerprint density at radius 3 is 2.59 bits per heavy atom. The van der Waals surface area contributed by atoms with Gasteiger partial charge in [0, 0.05) is 30.9 Å². The summed E-state index contributed by atoms with van der Waals surface area (Å²) in [5, 5.41) is 3.24. The number of nitrogens with zero attached hydrogens (tertiary/aromatic N) is 3. The molecular weight excluding hydrogens is 368 g/mol. The first-order valence-corrected chi connectivity index (χ1v) is 10.4. The van der Waals surface area contributed by atoms with E-state index in [4.69, 9.17) is 9.47 Å². The first kappa shape index (κ1) is 19.2. The van der Waals surface area contributed by atoms with E-state index in [1.54, 1.807) is 20.3 Å². The van der Waals surface area contributed by atoms with E-state index in [9.17, 15) is 8.42 Å². The van der Waals surface area contributed by atoms with Crippen LogP contribution in [-0.2, 0) is 9.84 Å². The molecular formula is C18H24N4O4S. The zero-order valence-electron chi connectivity index (χ0n) is 15.9. The van der Waals surface area contributed by atoms with Crippen molar-refractivity contribution < 1.29 is 17.9 Å². The van der Waals surface area contributed by atoms with Crippen LogP contribution in [-0.4, -0.2) is 57.2 Å². The van der Waals surface area contributed by atoms with E-state index in [2.05, 4.69) is 15.3 Å². The van der Waals surface area contributed by atoms with Gasteiger partial charge in [-0.15, -0.1) is 0 Å². The standard InChI is InChI=1S/C18H24N4O4S/c1-12-9-17(20-15-6-5-14(25-3)10-16(15)26-4)21-18(19-12)22(2)13-7-8-27(23,24)11-13/h5-6,9-10,13H,7-8,11H2,1-4H3,(H,19,20,21). The summed E-state index contributed by atoms with van der Waals surface area (Å²) in [6.07, 6.45) is 0.588. The van der Waals surface area contributed by atoms with Crippen molar-refractivity contribution in [2.75, 3.05) is 43.0 Å². The van der Waals surface area contributed by atoms with Gasteiger partial charge in [0.1, 0.15) is 17.3 Å². The highest BCUT2D eigenvalue weighted by molar-refractivity contribution is 7.91. The second-order valence-electron chi connectivity index (χ2n) is 6.55. The van der Waals surface area contributed by atoms with Gasteiger partial charge in [0.2, 0.25) is 5.95 Å². The van der Waals surface area contributed by atoms with E-state index in [1.807, 2.05) is 37.1 Å². The summed E-state index contributed by atoms with van der Waals surface area (Å²) >= 11 is 0. The Kier molecular flexibility index (Phi) is 5.41. The van der Waals surface area contributed by atoms with Gasteiger partial charge in [-0.05, 0) is 25.5 Å². The Morgan fingerprint density at radius 2 is 1.96 bits per heavy atom. The van der Waals surface area contributed by atoms with Crippen LogP contribution in [0.2, 0.25) is 0 Å². The maximum absolute atomic E-state index is 11.8. The molecule has 1 N–H and O–H groups in total. The Balaban J connectivity index is 1.86. The molecule has 1 saturated heterocycles. The molecule has 1 fully saturated rings. The van der Waals surface area contributed by atoms with Gasteiger partial charge in [0.25, 0.3) is 0 Å². The van der Waals surface area contributed by atoms with Crippen LogP contribution in [0.25, 0.3) is 0 Å². The first-order chi connectivity index (χ1) is 12.8. The number of methoxy groups -OCH3 is 2. The Labute approximate surface area is 159 Å². The summed E-state index contributed by atoms with van der Waals surface area (Å²) in [5.74, 6) is 2.76. The van der Waals surface area contributed by atoms with Gasteiger partial charge in [-0.2, -0.15) is 4.98 Å². The molecule has 1 aromatic heterocycles. The molecule has 2 aromatic rings. The van der Waals surface area contributed by atoms with E-state index in [0.717, 1.165) is 11.4 Å². The largest absolute Gasteiger partial charge is 0.497 e. The van der Waals surface area contributed by atoms with Crippen LogP contribution < -0.4 is 19.7 Å². The summed E-state index contributed by atoms with van der Waals surface area (Å²) in [5.41, 5.74) is 1.52. The van der Waals surface area contributed by atoms with Crippen molar-refractivity contribution in [3.63, 3.8) is 0 Å². The quantitative estimate of drug-likeness (QED) is 0.799. The fourth-order valence-electron chi connectivity index (χ4n) is 3.06. The van der Waals surface area contributed by atoms with Gasteiger partial charge in [0.15, 0.2) is 9.84 Å². The molecule has 1 aromatic carbocycles. The minimum Gasteiger partial charge on any atom is -0.497 e. The number of nitrogens with one attached hydrogen (secondary N) is 1. The molecule has 0 saturated carbocycles. The molecule has 0 radical (unpaired) electrons. The maximum atomic E-state index is 11.8. The van der Waals surface area contributed by atoms with Gasteiger partial charge < -0.3 is 19.7 Å². The van der Waals surface area contributed by atoms with E-state index >= 15 is 0 Å². The molecule has 0 amide bonds. The van der Waals surface area contributed by atoms with E-state index in [0.29, 0.717) is 29.7 Å². The molecule has 1 aliphatic rings. The predicted octanol–water partition coefficient (Wildman–Crippen LogP) is 2.17. The normalized spacial score (nSPS) is 18.1. The Hall–Kier alpha value is -2.55. The molecule has 146 valence electrons. The minimum atomic E-state index is -2.97. The van der Waals surface area contributed by atoms with Crippen LogP contribution in [0.5, 0.6) is 11.5 Å². The van der Waals surface area contributed by atoms with Crippen molar-refractivity contribution >= 4 is 27.3 Å². The molecule has 0 spiro atoms. The lowest BCUT2D eigenvalue weighted by Crippen LogP contribution is -2.34. The van der Waals surface area contributed by atoms with Gasteiger partial charge in [0.05, 0.1) is 31.4 Å². The van der Waals surface area contributed by atoms with Crippen LogP contribution in [0, 0.1) is 6.92 Å². The summed E-state index contributed by atoms with van der Waals surface area (Å²) in [6.45, 7) is 1.88. The Bertz CT molecular complexity index is 933.